The largest absolute Gasteiger partial charge is 0.370 e. The van der Waals surface area contributed by atoms with Gasteiger partial charge < -0.3 is 5.32 Å². The fourth-order valence-electron chi connectivity index (χ4n) is 2.72. The average molecular weight is 280 g/mol. The minimum absolute atomic E-state index is 0.339. The molecule has 2 unspecified atom stereocenters. The maximum Gasteiger partial charge on any atom is 0.254 e. The molecule has 3 rings (SSSR count). The highest BCUT2D eigenvalue weighted by atomic mass is 35.5. The summed E-state index contributed by atoms with van der Waals surface area (Å²) in [7, 11) is 0. The maximum atomic E-state index is 6.23. The van der Waals surface area contributed by atoms with E-state index in [2.05, 4.69) is 20.4 Å². The van der Waals surface area contributed by atoms with Crippen LogP contribution in [0, 0.1) is 12.8 Å². The molecule has 2 aromatic rings. The lowest BCUT2D eigenvalue weighted by atomic mass is 9.89. The van der Waals surface area contributed by atoms with Crippen molar-refractivity contribution in [3.63, 3.8) is 0 Å². The molecule has 0 aromatic carbocycles. The van der Waals surface area contributed by atoms with Gasteiger partial charge >= 0.3 is 0 Å². The molecular weight excluding hydrogens is 262 g/mol. The Morgan fingerprint density at radius 2 is 2.37 bits per heavy atom. The second-order valence-corrected chi connectivity index (χ2v) is 5.88. The van der Waals surface area contributed by atoms with E-state index in [0.717, 1.165) is 30.9 Å². The lowest BCUT2D eigenvalue weighted by molar-refractivity contribution is 0.378. The number of aromatic nitrogens is 4. The molecule has 19 heavy (non-hydrogen) atoms. The van der Waals surface area contributed by atoms with Crippen molar-refractivity contribution in [1.82, 2.24) is 19.6 Å². The Bertz CT molecular complexity index is 567. The predicted molar refractivity (Wildman–Crippen MR) is 75.6 cm³/mol. The Morgan fingerprint density at radius 3 is 3.21 bits per heavy atom. The van der Waals surface area contributed by atoms with E-state index in [1.165, 1.54) is 19.2 Å². The van der Waals surface area contributed by atoms with Gasteiger partial charge in [-0.3, -0.25) is 0 Å². The van der Waals surface area contributed by atoms with Gasteiger partial charge in [-0.1, -0.05) is 6.42 Å². The maximum absolute atomic E-state index is 6.23. The number of halogens is 1. The van der Waals surface area contributed by atoms with Crippen molar-refractivity contribution in [1.29, 1.82) is 0 Å². The fraction of sp³-hybridized carbons (Fsp3) is 0.615. The third-order valence-electron chi connectivity index (χ3n) is 3.67. The van der Waals surface area contributed by atoms with Gasteiger partial charge in [0.1, 0.15) is 12.1 Å². The summed E-state index contributed by atoms with van der Waals surface area (Å²) in [5, 5.41) is 8.00. The summed E-state index contributed by atoms with van der Waals surface area (Å²) in [4.78, 5) is 8.46. The third-order valence-corrected chi connectivity index (χ3v) is 4.07. The Morgan fingerprint density at radius 1 is 1.47 bits per heavy atom. The van der Waals surface area contributed by atoms with Crippen molar-refractivity contribution in [3.05, 3.63) is 18.1 Å². The average Bonchev–Trinajstić information content (AvgIpc) is 2.84. The molecule has 1 fully saturated rings. The summed E-state index contributed by atoms with van der Waals surface area (Å²) < 4.78 is 1.74. The van der Waals surface area contributed by atoms with Crippen LogP contribution in [0.1, 0.15) is 31.4 Å². The van der Waals surface area contributed by atoms with E-state index in [1.807, 2.05) is 13.0 Å². The van der Waals surface area contributed by atoms with Gasteiger partial charge in [0, 0.05) is 23.7 Å². The first kappa shape index (κ1) is 12.7. The van der Waals surface area contributed by atoms with Crippen molar-refractivity contribution in [2.24, 2.45) is 5.92 Å². The summed E-state index contributed by atoms with van der Waals surface area (Å²) in [6.07, 6.45) is 6.26. The molecule has 1 aliphatic carbocycles. The van der Waals surface area contributed by atoms with Crippen molar-refractivity contribution in [2.45, 2.75) is 38.0 Å². The van der Waals surface area contributed by atoms with E-state index in [4.69, 9.17) is 11.6 Å². The van der Waals surface area contributed by atoms with Crippen LogP contribution in [0.2, 0.25) is 0 Å². The first-order valence-corrected chi connectivity index (χ1v) is 7.21. The van der Waals surface area contributed by atoms with Gasteiger partial charge in [0.15, 0.2) is 0 Å². The number of hydrogen-bond acceptors (Lipinski definition) is 4. The molecule has 1 saturated carbocycles. The molecular formula is C13H18ClN5. The number of nitrogens with zero attached hydrogens (tertiary/aromatic N) is 4. The van der Waals surface area contributed by atoms with Crippen LogP contribution in [0.4, 0.5) is 5.82 Å². The predicted octanol–water partition coefficient (Wildman–Crippen LogP) is 2.64. The zero-order valence-corrected chi connectivity index (χ0v) is 11.8. The van der Waals surface area contributed by atoms with E-state index in [-0.39, 0.29) is 0 Å². The summed E-state index contributed by atoms with van der Waals surface area (Å²) in [5.41, 5.74) is 0.946. The second-order valence-electron chi connectivity index (χ2n) is 5.27. The normalized spacial score (nSPS) is 23.7. The van der Waals surface area contributed by atoms with Gasteiger partial charge in [0.05, 0.1) is 0 Å². The first-order chi connectivity index (χ1) is 9.22. The minimum atomic E-state index is 0.339. The number of hydrogen-bond donors (Lipinski definition) is 1. The number of fused-ring (bicyclic) bond motifs is 1. The number of anilines is 1. The smallest absolute Gasteiger partial charge is 0.254 e. The highest BCUT2D eigenvalue weighted by Crippen LogP contribution is 2.28. The zero-order valence-electron chi connectivity index (χ0n) is 11.0. The number of rotatable bonds is 3. The molecule has 1 aliphatic rings. The van der Waals surface area contributed by atoms with Crippen LogP contribution in [0.25, 0.3) is 5.78 Å². The highest BCUT2D eigenvalue weighted by molar-refractivity contribution is 6.20. The molecule has 1 N–H and O–H groups in total. The van der Waals surface area contributed by atoms with Crippen LogP contribution in [-0.2, 0) is 0 Å². The Balaban J connectivity index is 1.72. The van der Waals surface area contributed by atoms with Crippen molar-refractivity contribution < 1.29 is 0 Å². The molecule has 0 aliphatic heterocycles. The van der Waals surface area contributed by atoms with Gasteiger partial charge in [0.25, 0.3) is 5.78 Å². The van der Waals surface area contributed by atoms with E-state index in [9.17, 15) is 0 Å². The molecule has 6 heteroatoms. The summed E-state index contributed by atoms with van der Waals surface area (Å²) >= 11 is 6.23. The van der Waals surface area contributed by atoms with E-state index in [0.29, 0.717) is 17.1 Å². The number of nitrogens with one attached hydrogen (secondary N) is 1. The number of aryl methyl sites for hydroxylation is 1. The highest BCUT2D eigenvalue weighted by Gasteiger charge is 2.20. The zero-order chi connectivity index (χ0) is 13.2. The van der Waals surface area contributed by atoms with Crippen molar-refractivity contribution >= 4 is 23.2 Å². The first-order valence-electron chi connectivity index (χ1n) is 6.77. The quantitative estimate of drug-likeness (QED) is 0.878. The molecule has 0 spiro atoms. The Labute approximate surface area is 117 Å². The van der Waals surface area contributed by atoms with Crippen LogP contribution in [-0.4, -0.2) is 31.5 Å². The molecule has 2 aromatic heterocycles. The number of alkyl halides is 1. The van der Waals surface area contributed by atoms with E-state index < -0.39 is 0 Å². The van der Waals surface area contributed by atoms with Gasteiger partial charge in [-0.25, -0.2) is 4.98 Å². The monoisotopic (exact) mass is 279 g/mol. The summed E-state index contributed by atoms with van der Waals surface area (Å²) in [5.74, 6) is 2.24. The summed E-state index contributed by atoms with van der Waals surface area (Å²) in [6, 6.07) is 2.00. The molecule has 0 amide bonds. The topological polar surface area (TPSA) is 55.1 Å². The van der Waals surface area contributed by atoms with Gasteiger partial charge in [0.2, 0.25) is 0 Å². The summed E-state index contributed by atoms with van der Waals surface area (Å²) in [6.45, 7) is 2.90. The molecule has 5 nitrogen and oxygen atoms in total. The van der Waals surface area contributed by atoms with Crippen LogP contribution in [0.15, 0.2) is 12.4 Å². The van der Waals surface area contributed by atoms with E-state index >= 15 is 0 Å². The molecule has 2 heterocycles. The molecule has 0 saturated heterocycles. The van der Waals surface area contributed by atoms with Gasteiger partial charge in [-0.2, -0.15) is 14.6 Å². The lowest BCUT2D eigenvalue weighted by Crippen LogP contribution is -2.23. The molecule has 0 bridgehead atoms. The van der Waals surface area contributed by atoms with Crippen molar-refractivity contribution in [2.75, 3.05) is 11.9 Å². The molecule has 0 radical (unpaired) electrons. The Hall–Kier alpha value is -1.36. The standard InChI is InChI=1S/C13H18ClN5/c1-9-5-12(19-13(18-9)16-8-17-19)15-7-10-3-2-4-11(14)6-10/h5,8,10-11,15H,2-4,6-7H2,1H3. The fourth-order valence-corrected chi connectivity index (χ4v) is 3.12. The third kappa shape index (κ3) is 2.81. The Kier molecular flexibility index (Phi) is 3.55. The SMILES string of the molecule is Cc1cc(NCC2CCCC(Cl)C2)n2ncnc2n1. The minimum Gasteiger partial charge on any atom is -0.370 e. The second kappa shape index (κ2) is 5.33. The van der Waals surface area contributed by atoms with Crippen LogP contribution >= 0.6 is 11.6 Å². The molecule has 102 valence electrons. The van der Waals surface area contributed by atoms with Crippen LogP contribution in [0.3, 0.4) is 0 Å². The van der Waals surface area contributed by atoms with E-state index in [1.54, 1.807) is 4.52 Å². The van der Waals surface area contributed by atoms with Gasteiger partial charge in [-0.05, 0) is 32.1 Å². The van der Waals surface area contributed by atoms with Crippen molar-refractivity contribution in [3.8, 4) is 0 Å². The molecule has 2 atom stereocenters. The van der Waals surface area contributed by atoms with Gasteiger partial charge in [-0.15, -0.1) is 11.6 Å². The van der Waals surface area contributed by atoms with Crippen LogP contribution < -0.4 is 5.32 Å². The van der Waals surface area contributed by atoms with Crippen LogP contribution in [0.5, 0.6) is 0 Å². The lowest BCUT2D eigenvalue weighted by Gasteiger charge is -2.25.